The summed E-state index contributed by atoms with van der Waals surface area (Å²) in [6.07, 6.45) is 4.91. The highest BCUT2D eigenvalue weighted by Crippen LogP contribution is 2.15. The zero-order chi connectivity index (χ0) is 14.1. The molecule has 0 aliphatic carbocycles. The maximum Gasteiger partial charge on any atom is 0.331 e. The molecule has 0 bridgehead atoms. The number of pyridine rings is 1. The van der Waals surface area contributed by atoms with Gasteiger partial charge in [0.25, 0.3) is 5.56 Å². The van der Waals surface area contributed by atoms with Crippen molar-refractivity contribution < 1.29 is 4.74 Å². The van der Waals surface area contributed by atoms with Gasteiger partial charge < -0.3 is 4.74 Å². The Kier molecular flexibility index (Phi) is 3.40. The number of nitrogens with zero attached hydrogens (tertiary/aromatic N) is 3. The maximum absolute atomic E-state index is 12.5. The average molecular weight is 275 g/mol. The molecule has 3 rings (SSSR count). The van der Waals surface area contributed by atoms with E-state index in [0.717, 1.165) is 12.8 Å². The van der Waals surface area contributed by atoms with Crippen LogP contribution < -0.4 is 11.2 Å². The van der Waals surface area contributed by atoms with Crippen molar-refractivity contribution in [1.29, 1.82) is 0 Å². The second-order valence-corrected chi connectivity index (χ2v) is 5.21. The number of hydrogen-bond donors (Lipinski definition) is 0. The first kappa shape index (κ1) is 13.1. The smallest absolute Gasteiger partial charge is 0.331 e. The fraction of sp³-hybridized carbons (Fsp3) is 0.500. The molecule has 0 atom stereocenters. The van der Waals surface area contributed by atoms with Crippen LogP contribution >= 0.6 is 0 Å². The molecule has 0 spiro atoms. The maximum atomic E-state index is 12.5. The Bertz CT molecular complexity index is 741. The average Bonchev–Trinajstić information content (AvgIpc) is 2.50. The summed E-state index contributed by atoms with van der Waals surface area (Å²) in [5.74, 6) is 0.327. The van der Waals surface area contributed by atoms with Gasteiger partial charge in [0.05, 0.1) is 17.1 Å². The van der Waals surface area contributed by atoms with Crippen LogP contribution in [0, 0.1) is 5.92 Å². The van der Waals surface area contributed by atoms with E-state index in [4.69, 9.17) is 4.74 Å². The van der Waals surface area contributed by atoms with Gasteiger partial charge in [-0.1, -0.05) is 0 Å². The van der Waals surface area contributed by atoms with E-state index in [9.17, 15) is 9.59 Å². The third-order valence-corrected chi connectivity index (χ3v) is 3.94. The van der Waals surface area contributed by atoms with E-state index < -0.39 is 0 Å². The van der Waals surface area contributed by atoms with Gasteiger partial charge in [0.2, 0.25) is 0 Å². The quantitative estimate of drug-likeness (QED) is 0.801. The molecule has 3 heterocycles. The molecular formula is C14H17N3O3. The third kappa shape index (κ3) is 2.16. The van der Waals surface area contributed by atoms with Gasteiger partial charge in [-0.05, 0) is 24.8 Å². The van der Waals surface area contributed by atoms with Crippen LogP contribution in [-0.2, 0) is 18.3 Å². The van der Waals surface area contributed by atoms with Gasteiger partial charge >= 0.3 is 5.69 Å². The van der Waals surface area contributed by atoms with Gasteiger partial charge in [0.15, 0.2) is 0 Å². The summed E-state index contributed by atoms with van der Waals surface area (Å²) in [6.45, 7) is 1.88. The summed E-state index contributed by atoms with van der Waals surface area (Å²) < 4.78 is 8.15. The third-order valence-electron chi connectivity index (χ3n) is 3.94. The normalized spacial score (nSPS) is 16.6. The SMILES string of the molecule is Cn1c(=O)n(CC2CCOCC2)c(=O)c2ccncc21. The van der Waals surface area contributed by atoms with Gasteiger partial charge in [-0.25, -0.2) is 4.79 Å². The Hall–Kier alpha value is -1.95. The first-order valence-electron chi connectivity index (χ1n) is 6.80. The van der Waals surface area contributed by atoms with Crippen LogP contribution in [0.3, 0.4) is 0 Å². The first-order chi connectivity index (χ1) is 9.68. The number of aryl methyl sites for hydroxylation is 1. The Morgan fingerprint density at radius 3 is 2.85 bits per heavy atom. The van der Waals surface area contributed by atoms with Crippen molar-refractivity contribution in [3.63, 3.8) is 0 Å². The van der Waals surface area contributed by atoms with Crippen LogP contribution in [0.15, 0.2) is 28.0 Å². The molecular weight excluding hydrogens is 258 g/mol. The second-order valence-electron chi connectivity index (χ2n) is 5.21. The largest absolute Gasteiger partial charge is 0.381 e. The fourth-order valence-electron chi connectivity index (χ4n) is 2.70. The van der Waals surface area contributed by atoms with E-state index in [-0.39, 0.29) is 11.2 Å². The van der Waals surface area contributed by atoms with E-state index in [1.807, 2.05) is 0 Å². The monoisotopic (exact) mass is 275 g/mol. The summed E-state index contributed by atoms with van der Waals surface area (Å²) in [5, 5.41) is 0.536. The van der Waals surface area contributed by atoms with E-state index in [1.165, 1.54) is 9.13 Å². The fourth-order valence-corrected chi connectivity index (χ4v) is 2.70. The molecule has 0 amide bonds. The minimum Gasteiger partial charge on any atom is -0.381 e. The standard InChI is InChI=1S/C14H17N3O3/c1-16-12-8-15-5-2-11(12)13(18)17(14(16)19)9-10-3-6-20-7-4-10/h2,5,8,10H,3-4,6-7,9H2,1H3. The molecule has 0 N–H and O–H groups in total. The highest BCUT2D eigenvalue weighted by Gasteiger charge is 2.18. The minimum absolute atomic E-state index is 0.225. The molecule has 20 heavy (non-hydrogen) atoms. The lowest BCUT2D eigenvalue weighted by Crippen LogP contribution is -2.41. The predicted molar refractivity (Wildman–Crippen MR) is 74.8 cm³/mol. The summed E-state index contributed by atoms with van der Waals surface area (Å²) in [6, 6.07) is 1.66. The highest BCUT2D eigenvalue weighted by molar-refractivity contribution is 5.76. The Morgan fingerprint density at radius 1 is 1.35 bits per heavy atom. The molecule has 0 unspecified atom stereocenters. The molecule has 6 heteroatoms. The van der Waals surface area contributed by atoms with Crippen LogP contribution in [0.1, 0.15) is 12.8 Å². The summed E-state index contributed by atoms with van der Waals surface area (Å²) in [7, 11) is 1.67. The molecule has 1 aliphatic rings. The molecule has 1 saturated heterocycles. The lowest BCUT2D eigenvalue weighted by Gasteiger charge is -2.22. The summed E-state index contributed by atoms with van der Waals surface area (Å²) >= 11 is 0. The van der Waals surface area contributed by atoms with Crippen LogP contribution in [0.2, 0.25) is 0 Å². The van der Waals surface area contributed by atoms with Crippen LogP contribution in [0.25, 0.3) is 10.9 Å². The van der Waals surface area contributed by atoms with Gasteiger partial charge in [-0.3, -0.25) is 18.9 Å². The zero-order valence-corrected chi connectivity index (χ0v) is 11.4. The van der Waals surface area contributed by atoms with E-state index in [2.05, 4.69) is 4.98 Å². The number of fused-ring (bicyclic) bond motifs is 1. The molecule has 0 radical (unpaired) electrons. The Balaban J connectivity index is 2.10. The number of rotatable bonds is 2. The lowest BCUT2D eigenvalue weighted by molar-refractivity contribution is 0.0605. The van der Waals surface area contributed by atoms with Crippen molar-refractivity contribution in [3.05, 3.63) is 39.3 Å². The van der Waals surface area contributed by atoms with E-state index >= 15 is 0 Å². The Labute approximate surface area is 115 Å². The van der Waals surface area contributed by atoms with Crippen molar-refractivity contribution in [2.75, 3.05) is 13.2 Å². The van der Waals surface area contributed by atoms with Crippen LogP contribution in [-0.4, -0.2) is 27.3 Å². The van der Waals surface area contributed by atoms with Crippen molar-refractivity contribution in [2.24, 2.45) is 13.0 Å². The Morgan fingerprint density at radius 2 is 2.10 bits per heavy atom. The van der Waals surface area contributed by atoms with Crippen molar-refractivity contribution in [1.82, 2.24) is 14.1 Å². The summed E-state index contributed by atoms with van der Waals surface area (Å²) in [5.41, 5.74) is 0.0738. The van der Waals surface area contributed by atoms with Crippen LogP contribution in [0.4, 0.5) is 0 Å². The van der Waals surface area contributed by atoms with Gasteiger partial charge in [0.1, 0.15) is 0 Å². The molecule has 106 valence electrons. The van der Waals surface area contributed by atoms with Gasteiger partial charge in [-0.15, -0.1) is 0 Å². The molecule has 1 aliphatic heterocycles. The number of ether oxygens (including phenoxy) is 1. The van der Waals surface area contributed by atoms with Gasteiger partial charge in [-0.2, -0.15) is 0 Å². The predicted octanol–water partition coefficient (Wildman–Crippen LogP) is 0.522. The highest BCUT2D eigenvalue weighted by atomic mass is 16.5. The number of hydrogen-bond acceptors (Lipinski definition) is 4. The zero-order valence-electron chi connectivity index (χ0n) is 11.4. The van der Waals surface area contributed by atoms with E-state index in [0.29, 0.717) is 36.6 Å². The van der Waals surface area contributed by atoms with Gasteiger partial charge in [0, 0.05) is 33.0 Å². The van der Waals surface area contributed by atoms with E-state index in [1.54, 1.807) is 25.5 Å². The molecule has 6 nitrogen and oxygen atoms in total. The minimum atomic E-state index is -0.276. The molecule has 0 saturated carbocycles. The molecule has 0 aromatic carbocycles. The summed E-state index contributed by atoms with van der Waals surface area (Å²) in [4.78, 5) is 28.8. The topological polar surface area (TPSA) is 66.1 Å². The first-order valence-corrected chi connectivity index (χ1v) is 6.80. The van der Waals surface area contributed by atoms with Crippen molar-refractivity contribution in [2.45, 2.75) is 19.4 Å². The molecule has 2 aromatic rings. The second kappa shape index (κ2) is 5.20. The molecule has 1 fully saturated rings. The van der Waals surface area contributed by atoms with Crippen molar-refractivity contribution >= 4 is 10.9 Å². The molecule has 2 aromatic heterocycles. The van der Waals surface area contributed by atoms with Crippen molar-refractivity contribution in [3.8, 4) is 0 Å². The lowest BCUT2D eigenvalue weighted by atomic mass is 10.0. The number of aromatic nitrogens is 3. The van der Waals surface area contributed by atoms with Crippen LogP contribution in [0.5, 0.6) is 0 Å².